The van der Waals surface area contributed by atoms with Crippen molar-refractivity contribution < 1.29 is 24.2 Å². The van der Waals surface area contributed by atoms with Gasteiger partial charge in [-0.3, -0.25) is 4.79 Å². The van der Waals surface area contributed by atoms with Crippen LogP contribution in [-0.2, 0) is 14.3 Å². The monoisotopic (exact) mass is 288 g/mol. The van der Waals surface area contributed by atoms with Crippen molar-refractivity contribution in [1.82, 2.24) is 10.2 Å². The van der Waals surface area contributed by atoms with E-state index in [1.807, 2.05) is 13.8 Å². The van der Waals surface area contributed by atoms with Crippen LogP contribution in [0.4, 0.5) is 4.79 Å². The van der Waals surface area contributed by atoms with E-state index in [9.17, 15) is 14.4 Å². The topological polar surface area (TPSA) is 95.9 Å². The Labute approximate surface area is 119 Å². The highest BCUT2D eigenvalue weighted by atomic mass is 16.5. The molecule has 2 N–H and O–H groups in total. The Morgan fingerprint density at radius 3 is 2.30 bits per heavy atom. The molecule has 20 heavy (non-hydrogen) atoms. The molecule has 1 atom stereocenters. The zero-order valence-electron chi connectivity index (χ0n) is 12.5. The molecule has 0 spiro atoms. The highest BCUT2D eigenvalue weighted by molar-refractivity contribution is 5.83. The van der Waals surface area contributed by atoms with E-state index in [4.69, 9.17) is 5.11 Å². The number of urea groups is 1. The van der Waals surface area contributed by atoms with Crippen molar-refractivity contribution in [2.75, 3.05) is 20.7 Å². The molecule has 0 radical (unpaired) electrons. The largest absolute Gasteiger partial charge is 0.480 e. The fourth-order valence-corrected chi connectivity index (χ4v) is 1.43. The predicted octanol–water partition coefficient (Wildman–Crippen LogP) is 1.08. The zero-order valence-corrected chi connectivity index (χ0v) is 12.5. The lowest BCUT2D eigenvalue weighted by Crippen LogP contribution is -2.47. The van der Waals surface area contributed by atoms with Crippen LogP contribution in [0, 0.1) is 5.92 Å². The van der Waals surface area contributed by atoms with Gasteiger partial charge >= 0.3 is 18.0 Å². The first kappa shape index (κ1) is 18.2. The smallest absolute Gasteiger partial charge is 0.326 e. The van der Waals surface area contributed by atoms with E-state index in [2.05, 4.69) is 10.1 Å². The van der Waals surface area contributed by atoms with Gasteiger partial charge in [-0.15, -0.1) is 0 Å². The second-order valence-electron chi connectivity index (χ2n) is 5.06. The van der Waals surface area contributed by atoms with Gasteiger partial charge in [-0.1, -0.05) is 13.8 Å². The van der Waals surface area contributed by atoms with E-state index in [-0.39, 0.29) is 12.8 Å². The number of carboxylic acids is 1. The maximum Gasteiger partial charge on any atom is 0.326 e. The highest BCUT2D eigenvalue weighted by Crippen LogP contribution is 2.03. The Morgan fingerprint density at radius 1 is 1.25 bits per heavy atom. The van der Waals surface area contributed by atoms with Crippen LogP contribution < -0.4 is 5.32 Å². The van der Waals surface area contributed by atoms with Gasteiger partial charge in [0.1, 0.15) is 6.04 Å². The molecule has 0 heterocycles. The molecule has 116 valence electrons. The average Bonchev–Trinajstić information content (AvgIpc) is 2.39. The molecule has 7 heteroatoms. The van der Waals surface area contributed by atoms with E-state index in [1.165, 1.54) is 12.0 Å². The average molecular weight is 288 g/mol. The van der Waals surface area contributed by atoms with Crippen molar-refractivity contribution in [3.63, 3.8) is 0 Å². The molecule has 0 saturated carbocycles. The third-order valence-corrected chi connectivity index (χ3v) is 2.85. The molecule has 0 aliphatic rings. The third-order valence-electron chi connectivity index (χ3n) is 2.85. The number of carboxylic acid groups (broad SMARTS) is 1. The predicted molar refractivity (Wildman–Crippen MR) is 73.3 cm³/mol. The fourth-order valence-electron chi connectivity index (χ4n) is 1.43. The minimum Gasteiger partial charge on any atom is -0.480 e. The van der Waals surface area contributed by atoms with E-state index in [1.54, 1.807) is 7.05 Å². The lowest BCUT2D eigenvalue weighted by atomic mass is 10.1. The molecule has 0 saturated heterocycles. The summed E-state index contributed by atoms with van der Waals surface area (Å²) in [7, 11) is 2.84. The molecule has 0 aromatic rings. The van der Waals surface area contributed by atoms with Gasteiger partial charge in [0.15, 0.2) is 0 Å². The maximum absolute atomic E-state index is 11.8. The molecule has 0 unspecified atom stereocenters. The van der Waals surface area contributed by atoms with Crippen molar-refractivity contribution >= 4 is 18.0 Å². The molecule has 0 bridgehead atoms. The summed E-state index contributed by atoms with van der Waals surface area (Å²) in [5.74, 6) is -1.21. The zero-order chi connectivity index (χ0) is 15.7. The van der Waals surface area contributed by atoms with Crippen LogP contribution in [0.3, 0.4) is 0 Å². The molecule has 0 aromatic carbocycles. The van der Waals surface area contributed by atoms with Gasteiger partial charge in [-0.25, -0.2) is 9.59 Å². The molecule has 0 aliphatic carbocycles. The molecular weight excluding hydrogens is 264 g/mol. The van der Waals surface area contributed by atoms with Crippen molar-refractivity contribution in [3.8, 4) is 0 Å². The molecule has 0 fully saturated rings. The van der Waals surface area contributed by atoms with E-state index in [0.717, 1.165) is 6.42 Å². The number of hydrogen-bond acceptors (Lipinski definition) is 4. The van der Waals surface area contributed by atoms with Crippen LogP contribution in [0.1, 0.15) is 33.1 Å². The second-order valence-corrected chi connectivity index (χ2v) is 5.06. The molecule has 0 aliphatic heterocycles. The van der Waals surface area contributed by atoms with Gasteiger partial charge in [0.05, 0.1) is 7.11 Å². The minimum atomic E-state index is -1.17. The number of ether oxygens (including phenoxy) is 1. The lowest BCUT2D eigenvalue weighted by molar-refractivity contribution is -0.142. The summed E-state index contributed by atoms with van der Waals surface area (Å²) in [6, 6.07) is -1.55. The van der Waals surface area contributed by atoms with Crippen molar-refractivity contribution in [2.24, 2.45) is 5.92 Å². The summed E-state index contributed by atoms with van der Waals surface area (Å²) in [5, 5.41) is 11.4. The maximum atomic E-state index is 11.8. The van der Waals surface area contributed by atoms with E-state index < -0.39 is 24.0 Å². The van der Waals surface area contributed by atoms with Gasteiger partial charge < -0.3 is 20.1 Å². The molecule has 7 nitrogen and oxygen atoms in total. The van der Waals surface area contributed by atoms with Gasteiger partial charge in [-0.05, 0) is 18.8 Å². The summed E-state index contributed by atoms with van der Waals surface area (Å²) in [6.07, 6.45) is 0.791. The third kappa shape index (κ3) is 7.60. The van der Waals surface area contributed by atoms with Crippen LogP contribution in [-0.4, -0.2) is 54.7 Å². The van der Waals surface area contributed by atoms with E-state index >= 15 is 0 Å². The Bertz CT molecular complexity index is 344. The van der Waals surface area contributed by atoms with Crippen molar-refractivity contribution in [3.05, 3.63) is 0 Å². The van der Waals surface area contributed by atoms with Crippen LogP contribution in [0.2, 0.25) is 0 Å². The summed E-state index contributed by atoms with van der Waals surface area (Å²) in [4.78, 5) is 35.3. The SMILES string of the molecule is COC(=O)CC[C@H](NC(=O)N(C)CCC(C)C)C(=O)O. The summed E-state index contributed by atoms with van der Waals surface area (Å²) in [5.41, 5.74) is 0. The van der Waals surface area contributed by atoms with Gasteiger partial charge in [0.2, 0.25) is 0 Å². The first-order valence-corrected chi connectivity index (χ1v) is 6.59. The number of nitrogens with one attached hydrogen (secondary N) is 1. The number of nitrogens with zero attached hydrogens (tertiary/aromatic N) is 1. The Morgan fingerprint density at radius 2 is 1.85 bits per heavy atom. The quantitative estimate of drug-likeness (QED) is 0.652. The molecular formula is C13H24N2O5. The van der Waals surface area contributed by atoms with Gasteiger partial charge in [0.25, 0.3) is 0 Å². The first-order valence-electron chi connectivity index (χ1n) is 6.59. The summed E-state index contributed by atoms with van der Waals surface area (Å²) in [6.45, 7) is 4.64. The number of esters is 1. The van der Waals surface area contributed by atoms with Crippen molar-refractivity contribution in [2.45, 2.75) is 39.2 Å². The Kier molecular flexibility index (Phi) is 8.35. The summed E-state index contributed by atoms with van der Waals surface area (Å²) < 4.78 is 4.44. The van der Waals surface area contributed by atoms with Gasteiger partial charge in [-0.2, -0.15) is 0 Å². The molecule has 2 amide bonds. The van der Waals surface area contributed by atoms with Gasteiger partial charge in [0, 0.05) is 20.0 Å². The highest BCUT2D eigenvalue weighted by Gasteiger charge is 2.22. The number of carbonyl (C=O) groups is 3. The molecule has 0 aromatic heterocycles. The number of hydrogen-bond donors (Lipinski definition) is 2. The van der Waals surface area contributed by atoms with Crippen molar-refractivity contribution in [1.29, 1.82) is 0 Å². The second kappa shape index (κ2) is 9.17. The lowest BCUT2D eigenvalue weighted by Gasteiger charge is -2.22. The number of aliphatic carboxylic acids is 1. The number of rotatable bonds is 8. The summed E-state index contributed by atoms with van der Waals surface area (Å²) >= 11 is 0. The molecule has 0 rings (SSSR count). The Balaban J connectivity index is 4.32. The fraction of sp³-hybridized carbons (Fsp3) is 0.769. The number of methoxy groups -OCH3 is 1. The number of carbonyl (C=O) groups excluding carboxylic acids is 2. The van der Waals surface area contributed by atoms with Crippen LogP contribution in [0.25, 0.3) is 0 Å². The Hall–Kier alpha value is -1.79. The standard InChI is InChI=1S/C13H24N2O5/c1-9(2)7-8-15(3)13(19)14-10(12(17)18)5-6-11(16)20-4/h9-10H,5-8H2,1-4H3,(H,14,19)(H,17,18)/t10-/m0/s1. The van der Waals surface area contributed by atoms with Crippen LogP contribution in [0.15, 0.2) is 0 Å². The first-order chi connectivity index (χ1) is 9.27. The van der Waals surface area contributed by atoms with Crippen LogP contribution >= 0.6 is 0 Å². The van der Waals surface area contributed by atoms with Crippen LogP contribution in [0.5, 0.6) is 0 Å². The number of amides is 2. The normalized spacial score (nSPS) is 11.8. The van der Waals surface area contributed by atoms with E-state index in [0.29, 0.717) is 12.5 Å². The minimum absolute atomic E-state index is 0.00572.